The Balaban J connectivity index is 2.18. The number of hydrogen-bond donors (Lipinski definition) is 1. The number of anilines is 1. The van der Waals surface area contributed by atoms with E-state index in [4.69, 9.17) is 4.74 Å². The Bertz CT molecular complexity index is 535. The Morgan fingerprint density at radius 3 is 2.89 bits per heavy atom. The maximum absolute atomic E-state index is 11.7. The minimum absolute atomic E-state index is 0.313. The zero-order chi connectivity index (χ0) is 13.0. The van der Waals surface area contributed by atoms with Gasteiger partial charge in [0.1, 0.15) is 0 Å². The summed E-state index contributed by atoms with van der Waals surface area (Å²) in [6, 6.07) is 9.79. The number of aryl methyl sites for hydroxylation is 1. The second kappa shape index (κ2) is 5.69. The van der Waals surface area contributed by atoms with Gasteiger partial charge in [-0.15, -0.1) is 11.3 Å². The summed E-state index contributed by atoms with van der Waals surface area (Å²) in [6.45, 7) is 2.67. The van der Waals surface area contributed by atoms with Gasteiger partial charge in [-0.25, -0.2) is 4.79 Å². The SMILES string of the molecule is COC(=O)c1cc(C)ccc1NCc1cccs1. The highest BCUT2D eigenvalue weighted by Gasteiger charge is 2.11. The average Bonchev–Trinajstić information content (AvgIpc) is 2.89. The van der Waals surface area contributed by atoms with E-state index in [1.807, 2.05) is 36.6 Å². The molecule has 2 aromatic rings. The Kier molecular flexibility index (Phi) is 3.99. The Hall–Kier alpha value is -1.81. The molecule has 18 heavy (non-hydrogen) atoms. The fourth-order valence-electron chi connectivity index (χ4n) is 1.69. The minimum Gasteiger partial charge on any atom is -0.465 e. The standard InChI is InChI=1S/C14H15NO2S/c1-10-5-6-13(12(8-10)14(16)17-2)15-9-11-4-3-7-18-11/h3-8,15H,9H2,1-2H3. The lowest BCUT2D eigenvalue weighted by atomic mass is 10.1. The third kappa shape index (κ3) is 2.90. The fraction of sp³-hybridized carbons (Fsp3) is 0.214. The van der Waals surface area contributed by atoms with Crippen LogP contribution < -0.4 is 5.32 Å². The van der Waals surface area contributed by atoms with Gasteiger partial charge in [0.15, 0.2) is 0 Å². The molecular formula is C14H15NO2S. The van der Waals surface area contributed by atoms with Gasteiger partial charge in [-0.3, -0.25) is 0 Å². The highest BCUT2D eigenvalue weighted by Crippen LogP contribution is 2.20. The molecule has 1 aromatic carbocycles. The second-order valence-corrected chi connectivity index (χ2v) is 5.01. The molecule has 0 aliphatic rings. The predicted molar refractivity (Wildman–Crippen MR) is 74.2 cm³/mol. The van der Waals surface area contributed by atoms with Crippen LogP contribution in [-0.2, 0) is 11.3 Å². The molecule has 94 valence electrons. The van der Waals surface area contributed by atoms with Crippen LogP contribution >= 0.6 is 11.3 Å². The van der Waals surface area contributed by atoms with Crippen molar-refractivity contribution in [2.75, 3.05) is 12.4 Å². The van der Waals surface area contributed by atoms with Crippen molar-refractivity contribution in [3.63, 3.8) is 0 Å². The predicted octanol–water partition coefficient (Wildman–Crippen LogP) is 3.46. The number of thiophene rings is 1. The molecule has 1 heterocycles. The number of esters is 1. The van der Waals surface area contributed by atoms with Crippen molar-refractivity contribution in [3.05, 3.63) is 51.7 Å². The smallest absolute Gasteiger partial charge is 0.339 e. The first-order valence-electron chi connectivity index (χ1n) is 5.66. The van der Waals surface area contributed by atoms with Crippen LogP contribution in [0.3, 0.4) is 0 Å². The summed E-state index contributed by atoms with van der Waals surface area (Å²) in [6.07, 6.45) is 0. The monoisotopic (exact) mass is 261 g/mol. The highest BCUT2D eigenvalue weighted by molar-refractivity contribution is 7.09. The van der Waals surface area contributed by atoms with Crippen molar-refractivity contribution < 1.29 is 9.53 Å². The van der Waals surface area contributed by atoms with E-state index in [1.54, 1.807) is 11.3 Å². The molecule has 0 fully saturated rings. The molecular weight excluding hydrogens is 246 g/mol. The van der Waals surface area contributed by atoms with E-state index in [2.05, 4.69) is 11.4 Å². The number of carbonyl (C=O) groups is 1. The van der Waals surface area contributed by atoms with E-state index >= 15 is 0 Å². The molecule has 0 radical (unpaired) electrons. The van der Waals surface area contributed by atoms with E-state index in [-0.39, 0.29) is 5.97 Å². The molecule has 0 bridgehead atoms. The zero-order valence-electron chi connectivity index (χ0n) is 10.4. The summed E-state index contributed by atoms with van der Waals surface area (Å²) in [5, 5.41) is 5.30. The number of carbonyl (C=O) groups excluding carboxylic acids is 1. The quantitative estimate of drug-likeness (QED) is 0.857. The van der Waals surface area contributed by atoms with Gasteiger partial charge in [0.05, 0.1) is 12.7 Å². The van der Waals surface area contributed by atoms with E-state index in [1.165, 1.54) is 12.0 Å². The van der Waals surface area contributed by atoms with E-state index in [0.29, 0.717) is 12.1 Å². The van der Waals surface area contributed by atoms with Crippen molar-refractivity contribution in [1.82, 2.24) is 0 Å². The largest absolute Gasteiger partial charge is 0.465 e. The van der Waals surface area contributed by atoms with Gasteiger partial charge >= 0.3 is 5.97 Å². The van der Waals surface area contributed by atoms with Crippen LogP contribution in [-0.4, -0.2) is 13.1 Å². The summed E-state index contributed by atoms with van der Waals surface area (Å²) in [4.78, 5) is 12.9. The topological polar surface area (TPSA) is 38.3 Å². The molecule has 3 nitrogen and oxygen atoms in total. The van der Waals surface area contributed by atoms with Gasteiger partial charge < -0.3 is 10.1 Å². The number of ether oxygens (including phenoxy) is 1. The molecule has 0 saturated heterocycles. The minimum atomic E-state index is -0.313. The number of methoxy groups -OCH3 is 1. The maximum atomic E-state index is 11.7. The molecule has 4 heteroatoms. The average molecular weight is 261 g/mol. The highest BCUT2D eigenvalue weighted by atomic mass is 32.1. The molecule has 0 atom stereocenters. The molecule has 0 spiro atoms. The van der Waals surface area contributed by atoms with Gasteiger partial charge in [-0.1, -0.05) is 17.7 Å². The number of benzene rings is 1. The van der Waals surface area contributed by atoms with Gasteiger partial charge in [-0.05, 0) is 30.5 Å². The molecule has 0 unspecified atom stereocenters. The molecule has 0 aliphatic heterocycles. The van der Waals surface area contributed by atoms with E-state index in [9.17, 15) is 4.79 Å². The van der Waals surface area contributed by atoms with Gasteiger partial charge in [0, 0.05) is 17.1 Å². The maximum Gasteiger partial charge on any atom is 0.339 e. The Morgan fingerprint density at radius 1 is 1.39 bits per heavy atom. The van der Waals surface area contributed by atoms with Crippen LogP contribution in [0.4, 0.5) is 5.69 Å². The lowest BCUT2D eigenvalue weighted by Crippen LogP contribution is -2.08. The van der Waals surface area contributed by atoms with Crippen LogP contribution in [0.15, 0.2) is 35.7 Å². The van der Waals surface area contributed by atoms with Gasteiger partial charge in [0.25, 0.3) is 0 Å². The fourth-order valence-corrected chi connectivity index (χ4v) is 2.33. The first-order valence-corrected chi connectivity index (χ1v) is 6.54. The van der Waals surface area contributed by atoms with E-state index < -0.39 is 0 Å². The van der Waals surface area contributed by atoms with Crippen molar-refractivity contribution in [2.24, 2.45) is 0 Å². The summed E-state index contributed by atoms with van der Waals surface area (Å²) < 4.78 is 4.79. The lowest BCUT2D eigenvalue weighted by molar-refractivity contribution is 0.0601. The Labute approximate surface area is 110 Å². The zero-order valence-corrected chi connectivity index (χ0v) is 11.2. The summed E-state index contributed by atoms with van der Waals surface area (Å²) in [5.41, 5.74) is 2.42. The molecule has 1 N–H and O–H groups in total. The third-order valence-electron chi connectivity index (χ3n) is 2.61. The van der Waals surface area contributed by atoms with Crippen molar-refractivity contribution in [2.45, 2.75) is 13.5 Å². The van der Waals surface area contributed by atoms with Crippen LogP contribution in [0.1, 0.15) is 20.8 Å². The molecule has 0 amide bonds. The summed E-state index contributed by atoms with van der Waals surface area (Å²) >= 11 is 1.69. The molecule has 1 aromatic heterocycles. The third-order valence-corrected chi connectivity index (χ3v) is 3.49. The first-order chi connectivity index (χ1) is 8.70. The molecule has 0 saturated carbocycles. The summed E-state index contributed by atoms with van der Waals surface area (Å²) in [5.74, 6) is -0.313. The van der Waals surface area contributed by atoms with E-state index in [0.717, 1.165) is 11.3 Å². The van der Waals surface area contributed by atoms with Crippen molar-refractivity contribution in [1.29, 1.82) is 0 Å². The number of rotatable bonds is 4. The second-order valence-electron chi connectivity index (χ2n) is 3.97. The summed E-state index contributed by atoms with van der Waals surface area (Å²) in [7, 11) is 1.40. The van der Waals surface area contributed by atoms with Gasteiger partial charge in [0.2, 0.25) is 0 Å². The van der Waals surface area contributed by atoms with Gasteiger partial charge in [-0.2, -0.15) is 0 Å². The Morgan fingerprint density at radius 2 is 2.22 bits per heavy atom. The first kappa shape index (κ1) is 12.6. The van der Waals surface area contributed by atoms with Crippen molar-refractivity contribution in [3.8, 4) is 0 Å². The van der Waals surface area contributed by atoms with Crippen LogP contribution in [0.25, 0.3) is 0 Å². The number of hydrogen-bond acceptors (Lipinski definition) is 4. The number of nitrogens with one attached hydrogen (secondary N) is 1. The molecule has 0 aliphatic carbocycles. The van der Waals surface area contributed by atoms with Crippen LogP contribution in [0.2, 0.25) is 0 Å². The van der Waals surface area contributed by atoms with Crippen LogP contribution in [0.5, 0.6) is 0 Å². The normalized spacial score (nSPS) is 10.1. The van der Waals surface area contributed by atoms with Crippen molar-refractivity contribution >= 4 is 23.0 Å². The molecule has 2 rings (SSSR count). The lowest BCUT2D eigenvalue weighted by Gasteiger charge is -2.10. The van der Waals surface area contributed by atoms with Crippen LogP contribution in [0, 0.1) is 6.92 Å².